The number of benzene rings is 1. The third-order valence-corrected chi connectivity index (χ3v) is 2.22. The molecule has 0 aliphatic heterocycles. The maximum Gasteiger partial charge on any atom is 0.335 e. The monoisotopic (exact) mass is 241 g/mol. The summed E-state index contributed by atoms with van der Waals surface area (Å²) in [5.74, 6) is -0.658. The summed E-state index contributed by atoms with van der Waals surface area (Å²) >= 11 is 5.46. The van der Waals surface area contributed by atoms with E-state index in [1.165, 1.54) is 12.1 Å². The third-order valence-electron chi connectivity index (χ3n) is 1.95. The Morgan fingerprint density at radius 3 is 2.38 bits per heavy atom. The molecule has 0 bridgehead atoms. The van der Waals surface area contributed by atoms with Crippen LogP contribution in [0.15, 0.2) is 24.3 Å². The second kappa shape index (κ2) is 6.12. The number of anilines is 1. The molecule has 0 fully saturated rings. The van der Waals surface area contributed by atoms with Crippen LogP contribution in [0.3, 0.4) is 0 Å². The predicted octanol–water partition coefficient (Wildman–Crippen LogP) is 2.34. The van der Waals surface area contributed by atoms with Gasteiger partial charge in [0.05, 0.1) is 5.56 Å². The van der Waals surface area contributed by atoms with E-state index in [4.69, 9.17) is 16.7 Å². The van der Waals surface area contributed by atoms with E-state index < -0.39 is 5.97 Å². The van der Waals surface area contributed by atoms with Crippen LogP contribution in [0.4, 0.5) is 5.69 Å². The van der Waals surface area contributed by atoms with Gasteiger partial charge in [0.15, 0.2) is 0 Å². The maximum absolute atomic E-state index is 11.3. The molecule has 2 N–H and O–H groups in total. The van der Waals surface area contributed by atoms with Crippen molar-refractivity contribution in [2.45, 2.75) is 12.8 Å². The minimum absolute atomic E-state index is 0.122. The lowest BCUT2D eigenvalue weighted by atomic mass is 10.2. The number of hydrogen-bond donors (Lipinski definition) is 2. The fourth-order valence-corrected chi connectivity index (χ4v) is 1.28. The van der Waals surface area contributed by atoms with Gasteiger partial charge in [0.1, 0.15) is 0 Å². The minimum Gasteiger partial charge on any atom is -0.478 e. The van der Waals surface area contributed by atoms with E-state index in [9.17, 15) is 9.59 Å². The quantitative estimate of drug-likeness (QED) is 0.778. The molecule has 4 nitrogen and oxygen atoms in total. The summed E-state index contributed by atoms with van der Waals surface area (Å²) in [5.41, 5.74) is 0.781. The van der Waals surface area contributed by atoms with E-state index in [1.807, 2.05) is 0 Å². The molecule has 0 saturated heterocycles. The van der Waals surface area contributed by atoms with Crippen LogP contribution >= 0.6 is 11.6 Å². The van der Waals surface area contributed by atoms with Gasteiger partial charge < -0.3 is 10.4 Å². The van der Waals surface area contributed by atoms with Crippen LogP contribution in [0.5, 0.6) is 0 Å². The van der Waals surface area contributed by atoms with Gasteiger partial charge in [-0.1, -0.05) is 0 Å². The Bertz CT molecular complexity index is 375. The van der Waals surface area contributed by atoms with Gasteiger partial charge >= 0.3 is 5.97 Å². The molecular formula is C11H12ClNO3. The third kappa shape index (κ3) is 3.90. The zero-order valence-corrected chi connectivity index (χ0v) is 9.33. The number of amides is 1. The van der Waals surface area contributed by atoms with Gasteiger partial charge in [0.2, 0.25) is 5.91 Å². The molecule has 5 heteroatoms. The van der Waals surface area contributed by atoms with Crippen molar-refractivity contribution in [3.63, 3.8) is 0 Å². The molecule has 0 atom stereocenters. The molecule has 0 aliphatic rings. The lowest BCUT2D eigenvalue weighted by Gasteiger charge is -2.04. The van der Waals surface area contributed by atoms with Gasteiger partial charge in [-0.05, 0) is 30.7 Å². The molecule has 0 heterocycles. The second-order valence-electron chi connectivity index (χ2n) is 3.22. The Hall–Kier alpha value is -1.55. The van der Waals surface area contributed by atoms with Crippen molar-refractivity contribution < 1.29 is 14.7 Å². The molecule has 0 saturated carbocycles. The van der Waals surface area contributed by atoms with Gasteiger partial charge in [-0.3, -0.25) is 4.79 Å². The standard InChI is InChI=1S/C11H12ClNO3/c12-7-1-2-10(14)13-9-5-3-8(4-6-9)11(15)16/h3-6H,1-2,7H2,(H,13,14)(H,15,16). The molecule has 1 amide bonds. The highest BCUT2D eigenvalue weighted by Crippen LogP contribution is 2.10. The van der Waals surface area contributed by atoms with E-state index >= 15 is 0 Å². The number of carboxylic acids is 1. The van der Waals surface area contributed by atoms with E-state index in [1.54, 1.807) is 12.1 Å². The molecule has 1 rings (SSSR count). The van der Waals surface area contributed by atoms with E-state index in [2.05, 4.69) is 5.32 Å². The molecule has 1 aromatic carbocycles. The molecule has 0 aliphatic carbocycles. The zero-order chi connectivity index (χ0) is 12.0. The van der Waals surface area contributed by atoms with Crippen LogP contribution in [-0.4, -0.2) is 22.9 Å². The molecule has 86 valence electrons. The number of hydrogen-bond acceptors (Lipinski definition) is 2. The van der Waals surface area contributed by atoms with Gasteiger partial charge in [-0.25, -0.2) is 4.79 Å². The fourth-order valence-electron chi connectivity index (χ4n) is 1.15. The van der Waals surface area contributed by atoms with Crippen LogP contribution in [-0.2, 0) is 4.79 Å². The van der Waals surface area contributed by atoms with Crippen LogP contribution < -0.4 is 5.32 Å². The number of carbonyl (C=O) groups is 2. The molecule has 0 aromatic heterocycles. The summed E-state index contributed by atoms with van der Waals surface area (Å²) in [4.78, 5) is 21.9. The number of rotatable bonds is 5. The van der Waals surface area contributed by atoms with Crippen molar-refractivity contribution in [3.8, 4) is 0 Å². The number of halogens is 1. The number of alkyl halides is 1. The van der Waals surface area contributed by atoms with Gasteiger partial charge in [0.25, 0.3) is 0 Å². The molecule has 16 heavy (non-hydrogen) atoms. The average molecular weight is 242 g/mol. The molecular weight excluding hydrogens is 230 g/mol. The van der Waals surface area contributed by atoms with Crippen LogP contribution in [0.25, 0.3) is 0 Å². The van der Waals surface area contributed by atoms with Crippen molar-refractivity contribution in [3.05, 3.63) is 29.8 Å². The van der Waals surface area contributed by atoms with Gasteiger partial charge in [-0.2, -0.15) is 0 Å². The summed E-state index contributed by atoms with van der Waals surface area (Å²) in [7, 11) is 0. The Morgan fingerprint density at radius 2 is 1.88 bits per heavy atom. The van der Waals surface area contributed by atoms with Crippen molar-refractivity contribution in [2.75, 3.05) is 11.2 Å². The highest BCUT2D eigenvalue weighted by atomic mass is 35.5. The van der Waals surface area contributed by atoms with Crippen molar-refractivity contribution in [1.29, 1.82) is 0 Å². The lowest BCUT2D eigenvalue weighted by Crippen LogP contribution is -2.11. The van der Waals surface area contributed by atoms with Crippen LogP contribution in [0.2, 0.25) is 0 Å². The number of carboxylic acid groups (broad SMARTS) is 1. The first kappa shape index (κ1) is 12.5. The van der Waals surface area contributed by atoms with E-state index in [0.717, 1.165) is 0 Å². The molecule has 0 spiro atoms. The SMILES string of the molecule is O=C(CCCCl)Nc1ccc(C(=O)O)cc1. The predicted molar refractivity (Wildman–Crippen MR) is 62.0 cm³/mol. The topological polar surface area (TPSA) is 66.4 Å². The fraction of sp³-hybridized carbons (Fsp3) is 0.273. The second-order valence-corrected chi connectivity index (χ2v) is 3.60. The Balaban J connectivity index is 2.55. The normalized spacial score (nSPS) is 9.81. The van der Waals surface area contributed by atoms with Crippen LogP contribution in [0, 0.1) is 0 Å². The lowest BCUT2D eigenvalue weighted by molar-refractivity contribution is -0.116. The highest BCUT2D eigenvalue weighted by Gasteiger charge is 2.04. The molecule has 0 radical (unpaired) electrons. The van der Waals surface area contributed by atoms with Crippen molar-refractivity contribution in [1.82, 2.24) is 0 Å². The maximum atomic E-state index is 11.3. The smallest absolute Gasteiger partial charge is 0.335 e. The minimum atomic E-state index is -0.986. The van der Waals surface area contributed by atoms with Crippen LogP contribution in [0.1, 0.15) is 23.2 Å². The Morgan fingerprint density at radius 1 is 1.25 bits per heavy atom. The summed E-state index contributed by atoms with van der Waals surface area (Å²) in [6.07, 6.45) is 0.991. The Kier molecular flexibility index (Phi) is 4.79. The first-order valence-electron chi connectivity index (χ1n) is 4.82. The Labute approximate surface area is 98.2 Å². The number of nitrogens with one attached hydrogen (secondary N) is 1. The number of aromatic carboxylic acids is 1. The van der Waals surface area contributed by atoms with Gasteiger partial charge in [-0.15, -0.1) is 11.6 Å². The molecule has 0 unspecified atom stereocenters. The summed E-state index contributed by atoms with van der Waals surface area (Å²) in [5, 5.41) is 11.3. The molecule has 1 aromatic rings. The highest BCUT2D eigenvalue weighted by molar-refractivity contribution is 6.18. The summed E-state index contributed by atoms with van der Waals surface area (Å²) < 4.78 is 0. The van der Waals surface area contributed by atoms with Crippen molar-refractivity contribution >= 4 is 29.2 Å². The largest absolute Gasteiger partial charge is 0.478 e. The zero-order valence-electron chi connectivity index (χ0n) is 8.57. The van der Waals surface area contributed by atoms with E-state index in [-0.39, 0.29) is 11.5 Å². The summed E-state index contributed by atoms with van der Waals surface area (Å²) in [6, 6.07) is 6.00. The average Bonchev–Trinajstić information content (AvgIpc) is 2.27. The summed E-state index contributed by atoms with van der Waals surface area (Å²) in [6.45, 7) is 0. The van der Waals surface area contributed by atoms with E-state index in [0.29, 0.717) is 24.4 Å². The van der Waals surface area contributed by atoms with Gasteiger partial charge in [0, 0.05) is 18.0 Å². The first-order chi connectivity index (χ1) is 7.63. The number of carbonyl (C=O) groups excluding carboxylic acids is 1. The van der Waals surface area contributed by atoms with Crippen molar-refractivity contribution in [2.24, 2.45) is 0 Å². The first-order valence-corrected chi connectivity index (χ1v) is 5.36.